The summed E-state index contributed by atoms with van der Waals surface area (Å²) in [6.07, 6.45) is 1.36. The Kier molecular flexibility index (Phi) is 5.70. The maximum Gasteiger partial charge on any atom is 0.196 e. The van der Waals surface area contributed by atoms with Gasteiger partial charge < -0.3 is 4.74 Å². The first-order chi connectivity index (χ1) is 12.3. The summed E-state index contributed by atoms with van der Waals surface area (Å²) in [7, 11) is 1.66. The van der Waals surface area contributed by atoms with E-state index in [-0.39, 0.29) is 0 Å². The van der Waals surface area contributed by atoms with Gasteiger partial charge in [0.2, 0.25) is 0 Å². The third kappa shape index (κ3) is 3.83. The molecule has 0 aliphatic rings. The number of methoxy groups -OCH3 is 1. The number of hydrogen-bond donors (Lipinski definition) is 0. The molecule has 3 aromatic rings. The maximum atomic E-state index is 8.71. The first-order valence-electron chi connectivity index (χ1n) is 7.99. The molecule has 0 unspecified atom stereocenters. The number of rotatable bonds is 7. The fourth-order valence-corrected chi connectivity index (χ4v) is 3.37. The smallest absolute Gasteiger partial charge is 0.196 e. The molecule has 0 N–H and O–H groups in total. The van der Waals surface area contributed by atoms with Gasteiger partial charge in [-0.05, 0) is 18.6 Å². The van der Waals surface area contributed by atoms with Gasteiger partial charge in [-0.25, -0.2) is 0 Å². The van der Waals surface area contributed by atoms with Crippen molar-refractivity contribution in [1.82, 2.24) is 14.8 Å². The van der Waals surface area contributed by atoms with Crippen molar-refractivity contribution in [2.75, 3.05) is 12.9 Å². The third-order valence-electron chi connectivity index (χ3n) is 3.66. The van der Waals surface area contributed by atoms with Crippen LogP contribution in [0.4, 0.5) is 0 Å². The maximum absolute atomic E-state index is 8.71. The van der Waals surface area contributed by atoms with E-state index in [1.807, 2.05) is 59.2 Å². The average Bonchev–Trinajstić information content (AvgIpc) is 3.09. The van der Waals surface area contributed by atoms with Gasteiger partial charge in [-0.2, -0.15) is 5.26 Å². The van der Waals surface area contributed by atoms with Crippen molar-refractivity contribution >= 4 is 11.8 Å². The number of nitrogens with zero attached hydrogens (tertiary/aromatic N) is 4. The minimum Gasteiger partial charge on any atom is -0.495 e. The van der Waals surface area contributed by atoms with Crippen LogP contribution in [-0.2, 0) is 0 Å². The van der Waals surface area contributed by atoms with Crippen molar-refractivity contribution in [3.05, 3.63) is 54.6 Å². The predicted molar refractivity (Wildman–Crippen MR) is 98.9 cm³/mol. The third-order valence-corrected chi connectivity index (χ3v) is 4.67. The molecule has 0 fully saturated rings. The van der Waals surface area contributed by atoms with Crippen molar-refractivity contribution in [2.24, 2.45) is 0 Å². The Balaban J connectivity index is 2.05. The SMILES string of the molecule is COc1ccccc1-n1c(SCCCC#N)nnc1-c1ccccc1. The molecule has 0 amide bonds. The highest BCUT2D eigenvalue weighted by atomic mass is 32.2. The number of hydrogen-bond acceptors (Lipinski definition) is 5. The van der Waals surface area contributed by atoms with Crippen molar-refractivity contribution in [3.63, 3.8) is 0 Å². The molecule has 0 bridgehead atoms. The van der Waals surface area contributed by atoms with E-state index in [1.54, 1.807) is 18.9 Å². The van der Waals surface area contributed by atoms with Crippen LogP contribution in [0.2, 0.25) is 0 Å². The summed E-state index contributed by atoms with van der Waals surface area (Å²) in [5, 5.41) is 18.3. The van der Waals surface area contributed by atoms with Crippen molar-refractivity contribution in [2.45, 2.75) is 18.0 Å². The number of aromatic nitrogens is 3. The quantitative estimate of drug-likeness (QED) is 0.468. The zero-order valence-corrected chi connectivity index (χ0v) is 14.7. The molecular weight excluding hydrogens is 332 g/mol. The van der Waals surface area contributed by atoms with Crippen LogP contribution in [0.25, 0.3) is 17.1 Å². The number of thioether (sulfide) groups is 1. The molecule has 6 heteroatoms. The molecule has 126 valence electrons. The van der Waals surface area contributed by atoms with Crippen LogP contribution < -0.4 is 4.74 Å². The second-order valence-electron chi connectivity index (χ2n) is 5.29. The topological polar surface area (TPSA) is 63.7 Å². The Hall–Kier alpha value is -2.78. The summed E-state index contributed by atoms with van der Waals surface area (Å²) in [5.41, 5.74) is 1.89. The van der Waals surface area contributed by atoms with E-state index >= 15 is 0 Å². The molecule has 0 atom stereocenters. The first-order valence-corrected chi connectivity index (χ1v) is 8.97. The van der Waals surface area contributed by atoms with Gasteiger partial charge in [-0.15, -0.1) is 10.2 Å². The zero-order chi connectivity index (χ0) is 17.5. The van der Waals surface area contributed by atoms with Gasteiger partial charge >= 0.3 is 0 Å². The minimum absolute atomic E-state index is 0.543. The lowest BCUT2D eigenvalue weighted by Gasteiger charge is -2.13. The lowest BCUT2D eigenvalue weighted by atomic mass is 10.2. The highest BCUT2D eigenvalue weighted by Crippen LogP contribution is 2.32. The van der Waals surface area contributed by atoms with E-state index < -0.39 is 0 Å². The minimum atomic E-state index is 0.543. The standard InChI is InChI=1S/C19H18N4OS/c1-24-17-12-6-5-11-16(17)23-18(15-9-3-2-4-10-15)21-22-19(23)25-14-8-7-13-20/h2-6,9-12H,7-8,14H2,1H3. The summed E-state index contributed by atoms with van der Waals surface area (Å²) in [5.74, 6) is 2.35. The molecule has 2 aromatic carbocycles. The van der Waals surface area contributed by atoms with Crippen LogP contribution in [0.3, 0.4) is 0 Å². The van der Waals surface area contributed by atoms with E-state index in [1.165, 1.54) is 0 Å². The Labute approximate surface area is 151 Å². The van der Waals surface area contributed by atoms with Crippen LogP contribution in [0, 0.1) is 11.3 Å². The van der Waals surface area contributed by atoms with E-state index in [0.29, 0.717) is 6.42 Å². The number of unbranched alkanes of at least 4 members (excludes halogenated alkanes) is 1. The van der Waals surface area contributed by atoms with Gasteiger partial charge in [-0.1, -0.05) is 54.2 Å². The molecule has 3 rings (SSSR count). The van der Waals surface area contributed by atoms with Gasteiger partial charge in [0.25, 0.3) is 0 Å². The molecule has 25 heavy (non-hydrogen) atoms. The molecule has 1 aromatic heterocycles. The highest BCUT2D eigenvalue weighted by Gasteiger charge is 2.18. The largest absolute Gasteiger partial charge is 0.495 e. The molecular formula is C19H18N4OS. The summed E-state index contributed by atoms with van der Waals surface area (Å²) < 4.78 is 7.55. The monoisotopic (exact) mass is 350 g/mol. The van der Waals surface area contributed by atoms with Crippen LogP contribution in [0.1, 0.15) is 12.8 Å². The normalized spacial score (nSPS) is 10.4. The number of nitriles is 1. The van der Waals surface area contributed by atoms with Crippen LogP contribution in [0.15, 0.2) is 59.8 Å². The zero-order valence-electron chi connectivity index (χ0n) is 13.9. The molecule has 0 aliphatic heterocycles. The summed E-state index contributed by atoms with van der Waals surface area (Å²) in [4.78, 5) is 0. The highest BCUT2D eigenvalue weighted by molar-refractivity contribution is 7.99. The molecule has 1 heterocycles. The van der Waals surface area contributed by atoms with Crippen LogP contribution >= 0.6 is 11.8 Å². The fourth-order valence-electron chi connectivity index (χ4n) is 2.48. The Morgan fingerprint density at radius 1 is 1.08 bits per heavy atom. The first kappa shape index (κ1) is 17.1. The van der Waals surface area contributed by atoms with Crippen molar-refractivity contribution < 1.29 is 4.74 Å². The Morgan fingerprint density at radius 2 is 1.84 bits per heavy atom. The summed E-state index contributed by atoms with van der Waals surface area (Å²) >= 11 is 1.60. The molecule has 0 aliphatic carbocycles. The Bertz CT molecular complexity index is 871. The average molecular weight is 350 g/mol. The summed E-state index contributed by atoms with van der Waals surface area (Å²) in [6, 6.07) is 20.0. The summed E-state index contributed by atoms with van der Waals surface area (Å²) in [6.45, 7) is 0. The molecule has 0 radical (unpaired) electrons. The number of ether oxygens (including phenoxy) is 1. The van der Waals surface area contributed by atoms with Crippen molar-refractivity contribution in [1.29, 1.82) is 5.26 Å². The van der Waals surface area contributed by atoms with Gasteiger partial charge in [0.15, 0.2) is 11.0 Å². The number of benzene rings is 2. The lowest BCUT2D eigenvalue weighted by molar-refractivity contribution is 0.412. The van der Waals surface area contributed by atoms with E-state index in [2.05, 4.69) is 16.3 Å². The van der Waals surface area contributed by atoms with Crippen LogP contribution in [-0.4, -0.2) is 27.6 Å². The fraction of sp³-hybridized carbons (Fsp3) is 0.211. The number of para-hydroxylation sites is 2. The van der Waals surface area contributed by atoms with Crippen molar-refractivity contribution in [3.8, 4) is 28.9 Å². The second kappa shape index (κ2) is 8.36. The van der Waals surface area contributed by atoms with Gasteiger partial charge in [0.1, 0.15) is 5.75 Å². The van der Waals surface area contributed by atoms with Gasteiger partial charge in [0, 0.05) is 17.7 Å². The van der Waals surface area contributed by atoms with E-state index in [9.17, 15) is 0 Å². The van der Waals surface area contributed by atoms with E-state index in [4.69, 9.17) is 10.00 Å². The van der Waals surface area contributed by atoms with Crippen LogP contribution in [0.5, 0.6) is 5.75 Å². The Morgan fingerprint density at radius 3 is 2.60 bits per heavy atom. The molecule has 0 saturated carbocycles. The van der Waals surface area contributed by atoms with E-state index in [0.717, 1.165) is 40.2 Å². The molecule has 0 spiro atoms. The van der Waals surface area contributed by atoms with Gasteiger partial charge in [0.05, 0.1) is 18.9 Å². The predicted octanol–water partition coefficient (Wildman–Crippen LogP) is 4.34. The second-order valence-corrected chi connectivity index (χ2v) is 6.35. The molecule has 5 nitrogen and oxygen atoms in total. The lowest BCUT2D eigenvalue weighted by Crippen LogP contribution is -2.02. The molecule has 0 saturated heterocycles. The van der Waals surface area contributed by atoms with Gasteiger partial charge in [-0.3, -0.25) is 4.57 Å².